The van der Waals surface area contributed by atoms with E-state index in [1.165, 1.54) is 5.56 Å². The lowest BCUT2D eigenvalue weighted by Crippen LogP contribution is -2.28. The normalized spacial score (nSPS) is 10.9. The van der Waals surface area contributed by atoms with Crippen LogP contribution in [0.25, 0.3) is 0 Å². The molecule has 0 aromatic heterocycles. The highest BCUT2D eigenvalue weighted by molar-refractivity contribution is 9.10. The summed E-state index contributed by atoms with van der Waals surface area (Å²) in [6.45, 7) is 8.69. The minimum absolute atomic E-state index is 0.0197. The van der Waals surface area contributed by atoms with Gasteiger partial charge in [-0.15, -0.1) is 0 Å². The fraction of sp³-hybridized carbons (Fsp3) is 0.381. The molecule has 0 heterocycles. The van der Waals surface area contributed by atoms with Crippen LogP contribution in [0.1, 0.15) is 44.7 Å². The fourth-order valence-electron chi connectivity index (χ4n) is 2.35. The van der Waals surface area contributed by atoms with Crippen LogP contribution in [-0.2, 0) is 11.3 Å². The first kappa shape index (κ1) is 20.3. The molecule has 5 heteroatoms. The summed E-state index contributed by atoms with van der Waals surface area (Å²) < 4.78 is 12.1. The van der Waals surface area contributed by atoms with Crippen molar-refractivity contribution in [2.45, 2.75) is 46.3 Å². The van der Waals surface area contributed by atoms with Crippen LogP contribution in [0.3, 0.4) is 0 Å². The van der Waals surface area contributed by atoms with Crippen LogP contribution in [0.15, 0.2) is 46.9 Å². The van der Waals surface area contributed by atoms with Crippen LogP contribution < -0.4 is 14.8 Å². The predicted molar refractivity (Wildman–Crippen MR) is 108 cm³/mol. The lowest BCUT2D eigenvalue weighted by Gasteiger charge is -2.12. The van der Waals surface area contributed by atoms with E-state index in [0.29, 0.717) is 18.2 Å². The Bertz CT molecular complexity index is 727. The quantitative estimate of drug-likeness (QED) is 0.650. The Balaban J connectivity index is 1.80. The number of hydrogen-bond acceptors (Lipinski definition) is 3. The number of ether oxygens (including phenoxy) is 2. The highest BCUT2D eigenvalue weighted by Crippen LogP contribution is 2.28. The molecule has 0 unspecified atom stereocenters. The lowest BCUT2D eigenvalue weighted by molar-refractivity contribution is -0.123. The lowest BCUT2D eigenvalue weighted by atomic mass is 10.0. The summed E-state index contributed by atoms with van der Waals surface area (Å²) in [5, 5.41) is 2.86. The van der Waals surface area contributed by atoms with Gasteiger partial charge in [-0.25, -0.2) is 0 Å². The van der Waals surface area contributed by atoms with Crippen molar-refractivity contribution in [3.63, 3.8) is 0 Å². The first-order valence-electron chi connectivity index (χ1n) is 8.79. The topological polar surface area (TPSA) is 47.6 Å². The molecule has 0 aliphatic carbocycles. The Morgan fingerprint density at radius 1 is 1.08 bits per heavy atom. The molecule has 0 saturated heterocycles. The van der Waals surface area contributed by atoms with Crippen LogP contribution in [0.2, 0.25) is 0 Å². The van der Waals surface area contributed by atoms with Crippen molar-refractivity contribution in [2.24, 2.45) is 0 Å². The van der Waals surface area contributed by atoms with Crippen molar-refractivity contribution in [2.75, 3.05) is 6.61 Å². The summed E-state index contributed by atoms with van der Waals surface area (Å²) in [7, 11) is 0. The molecule has 0 fully saturated rings. The van der Waals surface area contributed by atoms with Gasteiger partial charge in [-0.3, -0.25) is 4.79 Å². The number of carbonyl (C=O) groups is 1. The molecule has 0 saturated carbocycles. The van der Waals surface area contributed by atoms with Gasteiger partial charge < -0.3 is 14.8 Å². The third-order valence-corrected chi connectivity index (χ3v) is 4.39. The van der Waals surface area contributed by atoms with Crippen LogP contribution in [0, 0.1) is 0 Å². The summed E-state index contributed by atoms with van der Waals surface area (Å²) >= 11 is 3.50. The molecule has 0 spiro atoms. The summed E-state index contributed by atoms with van der Waals surface area (Å²) in [5.41, 5.74) is 2.23. The van der Waals surface area contributed by atoms with Crippen molar-refractivity contribution in [3.05, 3.63) is 58.1 Å². The zero-order valence-electron chi connectivity index (χ0n) is 15.7. The second kappa shape index (κ2) is 9.62. The van der Waals surface area contributed by atoms with Gasteiger partial charge in [0.15, 0.2) is 6.61 Å². The highest BCUT2D eigenvalue weighted by Gasteiger charge is 2.08. The van der Waals surface area contributed by atoms with Gasteiger partial charge in [0.05, 0.1) is 10.6 Å². The van der Waals surface area contributed by atoms with Gasteiger partial charge in [0, 0.05) is 6.54 Å². The van der Waals surface area contributed by atoms with Crippen LogP contribution >= 0.6 is 15.9 Å². The summed E-state index contributed by atoms with van der Waals surface area (Å²) in [4.78, 5) is 12.0. The van der Waals surface area contributed by atoms with Gasteiger partial charge in [-0.1, -0.05) is 32.0 Å². The molecule has 0 radical (unpaired) electrons. The largest absolute Gasteiger partial charge is 0.491 e. The van der Waals surface area contributed by atoms with Crippen LogP contribution in [0.5, 0.6) is 11.5 Å². The average Bonchev–Trinajstić information content (AvgIpc) is 2.59. The molecule has 0 aliphatic heterocycles. The minimum Gasteiger partial charge on any atom is -0.491 e. The van der Waals surface area contributed by atoms with Crippen molar-refractivity contribution < 1.29 is 14.3 Å². The number of halogens is 1. The first-order chi connectivity index (χ1) is 12.3. The molecule has 0 bridgehead atoms. The first-order valence-corrected chi connectivity index (χ1v) is 9.59. The Morgan fingerprint density at radius 3 is 2.35 bits per heavy atom. The average molecular weight is 420 g/mol. The molecule has 2 rings (SSSR count). The van der Waals surface area contributed by atoms with E-state index in [1.54, 1.807) is 0 Å². The number of nitrogens with one attached hydrogen (secondary N) is 1. The second-order valence-corrected chi connectivity index (χ2v) is 7.57. The molecule has 26 heavy (non-hydrogen) atoms. The van der Waals surface area contributed by atoms with Gasteiger partial charge in [0.2, 0.25) is 0 Å². The standard InChI is InChI=1S/C21H26BrNO3/c1-14(2)17-7-10-20(19(22)11-17)25-13-21(24)23-12-16-5-8-18(9-6-16)26-15(3)4/h5-11,14-15H,12-13H2,1-4H3,(H,23,24). The van der Waals surface area contributed by atoms with Crippen molar-refractivity contribution in [1.82, 2.24) is 5.32 Å². The summed E-state index contributed by atoms with van der Waals surface area (Å²) in [5.74, 6) is 1.78. The van der Waals surface area contributed by atoms with Crippen molar-refractivity contribution in [1.29, 1.82) is 0 Å². The Kier molecular flexibility index (Phi) is 7.51. The Labute approximate surface area is 164 Å². The predicted octanol–water partition coefficient (Wildman–Crippen LogP) is 5.05. The number of hydrogen-bond donors (Lipinski definition) is 1. The van der Waals surface area contributed by atoms with Gasteiger partial charge in [0.1, 0.15) is 11.5 Å². The monoisotopic (exact) mass is 419 g/mol. The third kappa shape index (κ3) is 6.37. The molecule has 2 aromatic carbocycles. The van der Waals surface area contributed by atoms with E-state index in [9.17, 15) is 4.79 Å². The zero-order valence-corrected chi connectivity index (χ0v) is 17.3. The smallest absolute Gasteiger partial charge is 0.258 e. The third-order valence-electron chi connectivity index (χ3n) is 3.77. The molecular formula is C21H26BrNO3. The number of amides is 1. The molecule has 0 atom stereocenters. The van der Waals surface area contributed by atoms with Gasteiger partial charge >= 0.3 is 0 Å². The van der Waals surface area contributed by atoms with Gasteiger partial charge in [0.25, 0.3) is 5.91 Å². The minimum atomic E-state index is -0.160. The number of rotatable bonds is 8. The number of benzene rings is 2. The van der Waals surface area contributed by atoms with E-state index in [1.807, 2.05) is 56.3 Å². The Morgan fingerprint density at radius 2 is 1.77 bits per heavy atom. The summed E-state index contributed by atoms with van der Waals surface area (Å²) in [6.07, 6.45) is 0.145. The molecule has 0 aliphatic rings. The van der Waals surface area contributed by atoms with E-state index in [4.69, 9.17) is 9.47 Å². The molecule has 1 amide bonds. The van der Waals surface area contributed by atoms with E-state index >= 15 is 0 Å². The number of carbonyl (C=O) groups excluding carboxylic acids is 1. The maximum absolute atomic E-state index is 12.0. The van der Waals surface area contributed by atoms with Crippen LogP contribution in [-0.4, -0.2) is 18.6 Å². The molecule has 140 valence electrons. The van der Waals surface area contributed by atoms with E-state index in [2.05, 4.69) is 35.1 Å². The summed E-state index contributed by atoms with van der Waals surface area (Å²) in [6, 6.07) is 13.6. The maximum Gasteiger partial charge on any atom is 0.258 e. The fourth-order valence-corrected chi connectivity index (χ4v) is 2.86. The van der Waals surface area contributed by atoms with Gasteiger partial charge in [-0.2, -0.15) is 0 Å². The van der Waals surface area contributed by atoms with Crippen molar-refractivity contribution >= 4 is 21.8 Å². The molecule has 2 aromatic rings. The molecule has 1 N–H and O–H groups in total. The SMILES string of the molecule is CC(C)Oc1ccc(CNC(=O)COc2ccc(C(C)C)cc2Br)cc1. The van der Waals surface area contributed by atoms with Gasteiger partial charge in [-0.05, 0) is 71.1 Å². The van der Waals surface area contributed by atoms with Crippen molar-refractivity contribution in [3.8, 4) is 11.5 Å². The maximum atomic E-state index is 12.0. The Hall–Kier alpha value is -2.01. The van der Waals surface area contributed by atoms with E-state index in [-0.39, 0.29) is 18.6 Å². The zero-order chi connectivity index (χ0) is 19.1. The molecule has 4 nitrogen and oxygen atoms in total. The second-order valence-electron chi connectivity index (χ2n) is 6.72. The van der Waals surface area contributed by atoms with E-state index < -0.39 is 0 Å². The molecular weight excluding hydrogens is 394 g/mol. The van der Waals surface area contributed by atoms with Crippen LogP contribution in [0.4, 0.5) is 0 Å². The highest BCUT2D eigenvalue weighted by atomic mass is 79.9. The van der Waals surface area contributed by atoms with E-state index in [0.717, 1.165) is 15.8 Å².